The van der Waals surface area contributed by atoms with Crippen molar-refractivity contribution < 1.29 is 9.47 Å². The fraction of sp³-hybridized carbons (Fsp3) is 0.632. The Morgan fingerprint density at radius 2 is 1.86 bits per heavy atom. The van der Waals surface area contributed by atoms with Gasteiger partial charge in [0, 0.05) is 6.61 Å². The Bertz CT molecular complexity index is 345. The second kappa shape index (κ2) is 11.6. The monoisotopic (exact) mass is 291 g/mol. The molecule has 0 heterocycles. The molecule has 1 radical (unpaired) electrons. The molecule has 1 rings (SSSR count). The van der Waals surface area contributed by atoms with E-state index in [1.54, 1.807) is 0 Å². The van der Waals surface area contributed by atoms with Gasteiger partial charge in [0.25, 0.3) is 0 Å². The van der Waals surface area contributed by atoms with E-state index in [9.17, 15) is 0 Å². The molecule has 2 heteroatoms. The molecule has 0 amide bonds. The van der Waals surface area contributed by atoms with Crippen molar-refractivity contribution in [2.75, 3.05) is 19.8 Å². The molecule has 0 fully saturated rings. The molecule has 0 spiro atoms. The van der Waals surface area contributed by atoms with Crippen LogP contribution in [0.1, 0.15) is 52.0 Å². The first-order valence-electron chi connectivity index (χ1n) is 8.41. The highest BCUT2D eigenvalue weighted by atomic mass is 16.5. The van der Waals surface area contributed by atoms with E-state index in [-0.39, 0.29) is 0 Å². The molecule has 0 aliphatic carbocycles. The molecule has 21 heavy (non-hydrogen) atoms. The Balaban J connectivity index is 2.29. The predicted molar refractivity (Wildman–Crippen MR) is 89.7 cm³/mol. The van der Waals surface area contributed by atoms with Crippen LogP contribution in [-0.2, 0) is 11.2 Å². The summed E-state index contributed by atoms with van der Waals surface area (Å²) in [6.45, 7) is 8.86. The normalized spacial score (nSPS) is 12.3. The molecule has 0 aliphatic rings. The molecule has 0 N–H and O–H groups in total. The number of rotatable bonds is 12. The average Bonchev–Trinajstić information content (AvgIpc) is 2.53. The summed E-state index contributed by atoms with van der Waals surface area (Å²) < 4.78 is 11.2. The predicted octanol–water partition coefficient (Wildman–Crippen LogP) is 5.07. The number of hydrogen-bond donors (Lipinski definition) is 0. The van der Waals surface area contributed by atoms with Crippen LogP contribution in [0.2, 0.25) is 0 Å². The molecule has 1 unspecified atom stereocenters. The second-order valence-corrected chi connectivity index (χ2v) is 5.52. The maximum absolute atomic E-state index is 5.92. The average molecular weight is 291 g/mol. The fourth-order valence-corrected chi connectivity index (χ4v) is 2.26. The molecule has 0 saturated carbocycles. The molecule has 119 valence electrons. The van der Waals surface area contributed by atoms with E-state index in [2.05, 4.69) is 44.5 Å². The highest BCUT2D eigenvalue weighted by Gasteiger charge is 2.06. The minimum Gasteiger partial charge on any atom is -0.493 e. The van der Waals surface area contributed by atoms with Crippen molar-refractivity contribution >= 4 is 0 Å². The fourth-order valence-electron chi connectivity index (χ4n) is 2.26. The van der Waals surface area contributed by atoms with Crippen molar-refractivity contribution in [1.82, 2.24) is 0 Å². The Morgan fingerprint density at radius 1 is 1.10 bits per heavy atom. The van der Waals surface area contributed by atoms with Crippen LogP contribution in [0.25, 0.3) is 0 Å². The molecule has 1 aromatic rings. The van der Waals surface area contributed by atoms with Crippen LogP contribution >= 0.6 is 0 Å². The smallest absolute Gasteiger partial charge is 0.119 e. The topological polar surface area (TPSA) is 18.5 Å². The van der Waals surface area contributed by atoms with Crippen molar-refractivity contribution in [2.24, 2.45) is 5.92 Å². The second-order valence-electron chi connectivity index (χ2n) is 5.52. The standard InChI is InChI=1S/C19H31O2/c1-4-7-9-17(5-2)16-21-19-13-11-18(12-14-19)10-8-15-20-6-3/h8,11-14,17H,4-7,9-10,15-16H2,1-3H3. The number of unbranched alkanes of at least 4 members (excludes halogenated alkanes) is 1. The van der Waals surface area contributed by atoms with Gasteiger partial charge >= 0.3 is 0 Å². The number of hydrogen-bond acceptors (Lipinski definition) is 2. The Morgan fingerprint density at radius 3 is 2.48 bits per heavy atom. The summed E-state index contributed by atoms with van der Waals surface area (Å²) in [6, 6.07) is 8.45. The lowest BCUT2D eigenvalue weighted by molar-refractivity contribution is 0.167. The molecule has 0 aromatic heterocycles. The first kappa shape index (κ1) is 18.0. The van der Waals surface area contributed by atoms with E-state index in [0.29, 0.717) is 5.92 Å². The number of ether oxygens (including phenoxy) is 2. The van der Waals surface area contributed by atoms with Gasteiger partial charge in [-0.1, -0.05) is 45.2 Å². The van der Waals surface area contributed by atoms with Gasteiger partial charge in [-0.15, -0.1) is 0 Å². The molecule has 2 nitrogen and oxygen atoms in total. The van der Waals surface area contributed by atoms with Gasteiger partial charge in [0.2, 0.25) is 0 Å². The Hall–Kier alpha value is -1.02. The van der Waals surface area contributed by atoms with Gasteiger partial charge < -0.3 is 9.47 Å². The van der Waals surface area contributed by atoms with Gasteiger partial charge in [0.15, 0.2) is 0 Å². The summed E-state index contributed by atoms with van der Waals surface area (Å²) in [5.41, 5.74) is 1.31. The molecule has 0 saturated heterocycles. The van der Waals surface area contributed by atoms with Crippen LogP contribution in [-0.4, -0.2) is 19.8 Å². The third-order valence-electron chi connectivity index (χ3n) is 3.77. The van der Waals surface area contributed by atoms with E-state index in [1.165, 1.54) is 31.2 Å². The van der Waals surface area contributed by atoms with Crippen molar-refractivity contribution in [3.63, 3.8) is 0 Å². The number of benzene rings is 1. The van der Waals surface area contributed by atoms with Crippen molar-refractivity contribution in [3.8, 4) is 5.75 Å². The summed E-state index contributed by atoms with van der Waals surface area (Å²) in [6.07, 6.45) is 8.16. The lowest BCUT2D eigenvalue weighted by Gasteiger charge is -2.15. The molecular weight excluding hydrogens is 260 g/mol. The van der Waals surface area contributed by atoms with E-state index < -0.39 is 0 Å². The van der Waals surface area contributed by atoms with Crippen molar-refractivity contribution in [1.29, 1.82) is 0 Å². The van der Waals surface area contributed by atoms with E-state index in [0.717, 1.165) is 32.0 Å². The summed E-state index contributed by atoms with van der Waals surface area (Å²) in [7, 11) is 0. The third-order valence-corrected chi connectivity index (χ3v) is 3.77. The molecule has 0 bridgehead atoms. The van der Waals surface area contributed by atoms with Gasteiger partial charge in [0.1, 0.15) is 5.75 Å². The Kier molecular flexibility index (Phi) is 9.98. The van der Waals surface area contributed by atoms with Gasteiger partial charge in [-0.05, 0) is 49.8 Å². The van der Waals surface area contributed by atoms with Crippen LogP contribution in [0.5, 0.6) is 5.75 Å². The zero-order chi connectivity index (χ0) is 15.3. The minimum absolute atomic E-state index is 0.684. The zero-order valence-corrected chi connectivity index (χ0v) is 13.9. The lowest BCUT2D eigenvalue weighted by atomic mass is 10.0. The SMILES string of the molecule is CCCCC(CC)COc1ccc(C[CH]COCC)cc1. The maximum atomic E-state index is 5.92. The zero-order valence-electron chi connectivity index (χ0n) is 13.9. The van der Waals surface area contributed by atoms with Crippen molar-refractivity contribution in [2.45, 2.75) is 52.9 Å². The Labute approximate surface area is 130 Å². The molecule has 1 atom stereocenters. The van der Waals surface area contributed by atoms with Crippen molar-refractivity contribution in [3.05, 3.63) is 36.2 Å². The van der Waals surface area contributed by atoms with Crippen LogP contribution in [0.15, 0.2) is 24.3 Å². The van der Waals surface area contributed by atoms with Gasteiger partial charge in [-0.2, -0.15) is 0 Å². The first-order valence-corrected chi connectivity index (χ1v) is 8.41. The highest BCUT2D eigenvalue weighted by Crippen LogP contribution is 2.17. The largest absolute Gasteiger partial charge is 0.493 e. The molecular formula is C19H31O2. The van der Waals surface area contributed by atoms with E-state index in [1.807, 2.05) is 6.92 Å². The molecule has 1 aromatic carbocycles. The van der Waals surface area contributed by atoms with Crippen LogP contribution < -0.4 is 4.74 Å². The maximum Gasteiger partial charge on any atom is 0.119 e. The lowest BCUT2D eigenvalue weighted by Crippen LogP contribution is -2.11. The summed E-state index contributed by atoms with van der Waals surface area (Å²) >= 11 is 0. The van der Waals surface area contributed by atoms with E-state index >= 15 is 0 Å². The summed E-state index contributed by atoms with van der Waals surface area (Å²) in [5.74, 6) is 1.67. The minimum atomic E-state index is 0.684. The van der Waals surface area contributed by atoms with Gasteiger partial charge in [-0.3, -0.25) is 0 Å². The van der Waals surface area contributed by atoms with Gasteiger partial charge in [0.05, 0.1) is 13.2 Å². The van der Waals surface area contributed by atoms with Crippen LogP contribution in [0, 0.1) is 12.3 Å². The highest BCUT2D eigenvalue weighted by molar-refractivity contribution is 5.28. The van der Waals surface area contributed by atoms with Crippen LogP contribution in [0.3, 0.4) is 0 Å². The first-order chi connectivity index (χ1) is 10.3. The van der Waals surface area contributed by atoms with Crippen LogP contribution in [0.4, 0.5) is 0 Å². The molecule has 0 aliphatic heterocycles. The quantitative estimate of drug-likeness (QED) is 0.501. The third kappa shape index (κ3) is 8.11. The summed E-state index contributed by atoms with van der Waals surface area (Å²) in [5, 5.41) is 0. The van der Waals surface area contributed by atoms with Gasteiger partial charge in [-0.25, -0.2) is 0 Å². The summed E-state index contributed by atoms with van der Waals surface area (Å²) in [4.78, 5) is 0. The van der Waals surface area contributed by atoms with E-state index in [4.69, 9.17) is 9.47 Å².